The molecule has 148 valence electrons. The fourth-order valence-corrected chi connectivity index (χ4v) is 3.13. The minimum absolute atomic E-state index is 0.252. The van der Waals surface area contributed by atoms with E-state index in [0.29, 0.717) is 40.3 Å². The summed E-state index contributed by atoms with van der Waals surface area (Å²) in [6.45, 7) is 2.01. The number of para-hydroxylation sites is 3. The Morgan fingerprint density at radius 3 is 2.76 bits per heavy atom. The van der Waals surface area contributed by atoms with Crippen molar-refractivity contribution in [3.63, 3.8) is 0 Å². The van der Waals surface area contributed by atoms with Crippen molar-refractivity contribution >= 4 is 22.8 Å². The molecule has 1 aromatic heterocycles. The number of benzene rings is 2. The molecule has 1 N–H and O–H groups in total. The van der Waals surface area contributed by atoms with Gasteiger partial charge in [0.15, 0.2) is 18.1 Å². The van der Waals surface area contributed by atoms with E-state index in [9.17, 15) is 9.59 Å². The molecule has 2 heterocycles. The van der Waals surface area contributed by atoms with Gasteiger partial charge < -0.3 is 19.5 Å². The van der Waals surface area contributed by atoms with Crippen molar-refractivity contribution in [3.05, 3.63) is 65.9 Å². The number of carbonyl (C=O) groups excluding carboxylic acids is 2. The van der Waals surface area contributed by atoms with Crippen LogP contribution in [0, 0.1) is 6.92 Å². The van der Waals surface area contributed by atoms with Crippen LogP contribution in [-0.4, -0.2) is 42.7 Å². The summed E-state index contributed by atoms with van der Waals surface area (Å²) in [5, 5.41) is 3.39. The number of esters is 1. The molecule has 1 aliphatic rings. The number of aryl methyl sites for hydroxylation is 1. The van der Waals surface area contributed by atoms with Crippen LogP contribution >= 0.6 is 0 Å². The van der Waals surface area contributed by atoms with E-state index in [2.05, 4.69) is 10.3 Å². The van der Waals surface area contributed by atoms with E-state index in [1.54, 1.807) is 19.1 Å². The summed E-state index contributed by atoms with van der Waals surface area (Å²) in [5.41, 5.74) is 1.80. The third-order valence-corrected chi connectivity index (χ3v) is 4.49. The lowest BCUT2D eigenvalue weighted by Crippen LogP contribution is -2.42. The van der Waals surface area contributed by atoms with Crippen LogP contribution < -0.4 is 14.8 Å². The smallest absolute Gasteiger partial charge is 0.339 e. The number of rotatable bonds is 5. The van der Waals surface area contributed by atoms with E-state index in [-0.39, 0.29) is 19.3 Å². The molecule has 1 atom stereocenters. The molecule has 29 heavy (non-hydrogen) atoms. The Hall–Kier alpha value is -3.61. The Morgan fingerprint density at radius 1 is 1.14 bits per heavy atom. The van der Waals surface area contributed by atoms with Crippen LogP contribution in [-0.2, 0) is 9.53 Å². The average Bonchev–Trinajstić information content (AvgIpc) is 2.75. The van der Waals surface area contributed by atoms with Gasteiger partial charge in [0.2, 0.25) is 0 Å². The number of ether oxygens (including phenoxy) is 3. The number of amides is 1. The molecule has 4 rings (SSSR count). The van der Waals surface area contributed by atoms with Crippen LogP contribution in [0.25, 0.3) is 10.9 Å². The van der Waals surface area contributed by atoms with Crippen molar-refractivity contribution < 1.29 is 23.8 Å². The first-order valence-electron chi connectivity index (χ1n) is 9.29. The first-order valence-corrected chi connectivity index (χ1v) is 9.29. The average molecular weight is 392 g/mol. The molecule has 0 spiro atoms. The highest BCUT2D eigenvalue weighted by Gasteiger charge is 2.21. The third-order valence-electron chi connectivity index (χ3n) is 4.49. The Bertz CT molecular complexity index is 1070. The SMILES string of the molecule is Cc1cc(C(=O)OCC(=O)NC[C@H]2COc3ccccc3O2)c2ccccc2n1. The molecule has 7 heteroatoms. The van der Waals surface area contributed by atoms with Crippen LogP contribution in [0.4, 0.5) is 0 Å². The largest absolute Gasteiger partial charge is 0.486 e. The second kappa shape index (κ2) is 8.18. The minimum Gasteiger partial charge on any atom is -0.486 e. The van der Waals surface area contributed by atoms with Crippen LogP contribution in [0.2, 0.25) is 0 Å². The predicted octanol–water partition coefficient (Wildman–Crippen LogP) is 2.66. The van der Waals surface area contributed by atoms with Gasteiger partial charge in [-0.2, -0.15) is 0 Å². The van der Waals surface area contributed by atoms with Crippen molar-refractivity contribution in [1.29, 1.82) is 0 Å². The molecule has 0 saturated carbocycles. The number of nitrogens with one attached hydrogen (secondary N) is 1. The molecule has 1 amide bonds. The molecule has 7 nitrogen and oxygen atoms in total. The van der Waals surface area contributed by atoms with E-state index >= 15 is 0 Å². The highest BCUT2D eigenvalue weighted by atomic mass is 16.6. The zero-order valence-corrected chi connectivity index (χ0v) is 15.9. The second-order valence-corrected chi connectivity index (χ2v) is 6.71. The van der Waals surface area contributed by atoms with E-state index in [0.717, 1.165) is 0 Å². The summed E-state index contributed by atoms with van der Waals surface area (Å²) < 4.78 is 16.6. The van der Waals surface area contributed by atoms with E-state index < -0.39 is 11.9 Å². The topological polar surface area (TPSA) is 86.8 Å². The molecule has 2 aromatic carbocycles. The van der Waals surface area contributed by atoms with Gasteiger partial charge in [-0.25, -0.2) is 4.79 Å². The van der Waals surface area contributed by atoms with E-state index in [1.807, 2.05) is 42.5 Å². The Kier molecular flexibility index (Phi) is 5.29. The van der Waals surface area contributed by atoms with E-state index in [4.69, 9.17) is 14.2 Å². The molecule has 3 aromatic rings. The van der Waals surface area contributed by atoms with Crippen molar-refractivity contribution in [2.24, 2.45) is 0 Å². The van der Waals surface area contributed by atoms with Crippen LogP contribution in [0.3, 0.4) is 0 Å². The van der Waals surface area contributed by atoms with Gasteiger partial charge in [0.1, 0.15) is 12.7 Å². The lowest BCUT2D eigenvalue weighted by molar-refractivity contribution is -0.124. The lowest BCUT2D eigenvalue weighted by Gasteiger charge is -2.26. The maximum Gasteiger partial charge on any atom is 0.339 e. The molecular weight excluding hydrogens is 372 g/mol. The fraction of sp³-hybridized carbons (Fsp3) is 0.227. The quantitative estimate of drug-likeness (QED) is 0.672. The number of nitrogens with zero attached hydrogens (tertiary/aromatic N) is 1. The van der Waals surface area contributed by atoms with Crippen molar-refractivity contribution in [2.75, 3.05) is 19.8 Å². The Balaban J connectivity index is 1.31. The highest BCUT2D eigenvalue weighted by molar-refractivity contribution is 6.04. The zero-order valence-electron chi connectivity index (χ0n) is 15.9. The summed E-state index contributed by atoms with van der Waals surface area (Å²) in [7, 11) is 0. The molecular formula is C22H20N2O5. The maximum atomic E-state index is 12.5. The molecule has 1 aliphatic heterocycles. The second-order valence-electron chi connectivity index (χ2n) is 6.71. The van der Waals surface area contributed by atoms with Gasteiger partial charge in [-0.05, 0) is 31.2 Å². The van der Waals surface area contributed by atoms with Crippen molar-refractivity contribution in [2.45, 2.75) is 13.0 Å². The van der Waals surface area contributed by atoms with E-state index in [1.165, 1.54) is 0 Å². The normalized spacial score (nSPS) is 15.0. The molecule has 0 unspecified atom stereocenters. The molecule has 0 saturated heterocycles. The molecule has 0 radical (unpaired) electrons. The zero-order chi connectivity index (χ0) is 20.2. The number of hydrogen-bond acceptors (Lipinski definition) is 6. The summed E-state index contributed by atoms with van der Waals surface area (Å²) in [6.07, 6.45) is -0.309. The van der Waals surface area contributed by atoms with Gasteiger partial charge in [-0.1, -0.05) is 30.3 Å². The predicted molar refractivity (Wildman–Crippen MR) is 106 cm³/mol. The maximum absolute atomic E-state index is 12.5. The molecule has 0 aliphatic carbocycles. The highest BCUT2D eigenvalue weighted by Crippen LogP contribution is 2.30. The number of aromatic nitrogens is 1. The third kappa shape index (κ3) is 4.29. The Labute approximate surface area is 167 Å². The number of carbonyl (C=O) groups is 2. The van der Waals surface area contributed by atoms with Gasteiger partial charge in [-0.15, -0.1) is 0 Å². The van der Waals surface area contributed by atoms with Crippen LogP contribution in [0.1, 0.15) is 16.1 Å². The minimum atomic E-state index is -0.562. The molecule has 0 fully saturated rings. The van der Waals surface area contributed by atoms with Crippen LogP contribution in [0.5, 0.6) is 11.5 Å². The molecule has 0 bridgehead atoms. The van der Waals surface area contributed by atoms with Gasteiger partial charge in [-0.3, -0.25) is 9.78 Å². The lowest BCUT2D eigenvalue weighted by atomic mass is 10.1. The standard InChI is InChI=1S/C22H20N2O5/c1-14-10-17(16-6-2-3-7-18(16)24-14)22(26)28-13-21(25)23-11-15-12-27-19-8-4-5-9-20(19)29-15/h2-10,15H,11-13H2,1H3,(H,23,25)/t15-/m0/s1. The first kappa shape index (κ1) is 18.7. The monoisotopic (exact) mass is 392 g/mol. The number of hydrogen-bond donors (Lipinski definition) is 1. The number of pyridine rings is 1. The first-order chi connectivity index (χ1) is 14.1. The van der Waals surface area contributed by atoms with Gasteiger partial charge >= 0.3 is 5.97 Å². The van der Waals surface area contributed by atoms with Crippen molar-refractivity contribution in [1.82, 2.24) is 10.3 Å². The fourth-order valence-electron chi connectivity index (χ4n) is 3.13. The summed E-state index contributed by atoms with van der Waals surface area (Å²) in [4.78, 5) is 29.0. The van der Waals surface area contributed by atoms with Crippen LogP contribution in [0.15, 0.2) is 54.6 Å². The number of fused-ring (bicyclic) bond motifs is 2. The summed E-state index contributed by atoms with van der Waals surface area (Å²) >= 11 is 0. The van der Waals surface area contributed by atoms with Gasteiger partial charge in [0.05, 0.1) is 17.6 Å². The summed E-state index contributed by atoms with van der Waals surface area (Å²) in [6, 6.07) is 16.3. The van der Waals surface area contributed by atoms with Gasteiger partial charge in [0.25, 0.3) is 5.91 Å². The summed E-state index contributed by atoms with van der Waals surface area (Å²) in [5.74, 6) is 0.358. The Morgan fingerprint density at radius 2 is 1.90 bits per heavy atom. The van der Waals surface area contributed by atoms with Gasteiger partial charge in [0, 0.05) is 11.1 Å². The van der Waals surface area contributed by atoms with Crippen molar-refractivity contribution in [3.8, 4) is 11.5 Å².